The molecule has 1 saturated carbocycles. The molecular weight excluding hydrogens is 513 g/mol. The molecule has 3 aromatic rings. The average molecular weight is 546 g/mol. The molecule has 1 aromatic carbocycles. The number of hydrogen-bond acceptors (Lipinski definition) is 8. The van der Waals surface area contributed by atoms with Gasteiger partial charge in [0, 0.05) is 29.8 Å². The van der Waals surface area contributed by atoms with Crippen molar-refractivity contribution in [2.24, 2.45) is 0 Å². The van der Waals surface area contributed by atoms with Crippen LogP contribution in [0.4, 0.5) is 20.8 Å². The fourth-order valence-corrected chi connectivity index (χ4v) is 5.04. The van der Waals surface area contributed by atoms with Crippen molar-refractivity contribution in [3.63, 3.8) is 0 Å². The SMILES string of the molecule is COC(=O)N[C@@H](C)CNc1nccc(-c2[nH]c(C(C)(C)C)nc2-c2cccc(NS(=O)(=O)C3CC3)c2F)n1. The Kier molecular flexibility index (Phi) is 7.58. The standard InChI is InChI=1S/C25H32FN7O4S/c1-14(29-24(34)37-5)13-28-23-27-12-11-18(30-23)21-20(31-22(32-21)25(2,3)4)16-7-6-8-17(19(16)26)33-38(35,36)15-9-10-15/h6-8,11-12,14-15,33H,9-10,13H2,1-5H3,(H,29,34)(H,31,32)(H,27,28,30)/t14-/m0/s1. The lowest BCUT2D eigenvalue weighted by Gasteiger charge is -2.14. The highest BCUT2D eigenvalue weighted by Gasteiger charge is 2.36. The molecule has 2 aromatic heterocycles. The van der Waals surface area contributed by atoms with Crippen molar-refractivity contribution >= 4 is 27.8 Å². The number of methoxy groups -OCH3 is 1. The number of carbonyl (C=O) groups excluding carboxylic acids is 1. The quantitative estimate of drug-likeness (QED) is 0.315. The highest BCUT2D eigenvalue weighted by atomic mass is 32.2. The van der Waals surface area contributed by atoms with E-state index in [1.807, 2.05) is 20.8 Å². The van der Waals surface area contributed by atoms with Crippen LogP contribution in [-0.2, 0) is 20.2 Å². The first-order valence-corrected chi connectivity index (χ1v) is 13.8. The lowest BCUT2D eigenvalue weighted by Crippen LogP contribution is -2.37. The molecular formula is C25H32FN7O4S. The van der Waals surface area contributed by atoms with E-state index in [-0.39, 0.29) is 17.3 Å². The molecule has 0 radical (unpaired) electrons. The van der Waals surface area contributed by atoms with Crippen LogP contribution in [0.1, 0.15) is 46.4 Å². The minimum absolute atomic E-state index is 0.127. The summed E-state index contributed by atoms with van der Waals surface area (Å²) in [4.78, 5) is 28.2. The summed E-state index contributed by atoms with van der Waals surface area (Å²) in [6.07, 6.45) is 2.14. The van der Waals surface area contributed by atoms with E-state index >= 15 is 4.39 Å². The number of sulfonamides is 1. The molecule has 4 N–H and O–H groups in total. The van der Waals surface area contributed by atoms with Crippen LogP contribution in [0.2, 0.25) is 0 Å². The number of benzene rings is 1. The number of anilines is 2. The van der Waals surface area contributed by atoms with Crippen molar-refractivity contribution in [2.75, 3.05) is 23.7 Å². The Bertz CT molecular complexity index is 1430. The number of halogens is 1. The summed E-state index contributed by atoms with van der Waals surface area (Å²) in [7, 11) is -2.36. The van der Waals surface area contributed by atoms with Gasteiger partial charge in [-0.2, -0.15) is 0 Å². The molecule has 11 nitrogen and oxygen atoms in total. The number of nitrogens with one attached hydrogen (secondary N) is 4. The molecule has 0 bridgehead atoms. The molecule has 1 aliphatic rings. The summed E-state index contributed by atoms with van der Waals surface area (Å²) in [6, 6.07) is 5.94. The first kappa shape index (κ1) is 27.3. The van der Waals surface area contributed by atoms with Crippen molar-refractivity contribution in [3.8, 4) is 22.6 Å². The number of H-pyrrole nitrogens is 1. The number of nitrogens with zero attached hydrogens (tertiary/aromatic N) is 3. The molecule has 0 aliphatic heterocycles. The molecule has 1 fully saturated rings. The zero-order valence-corrected chi connectivity index (χ0v) is 22.7. The largest absolute Gasteiger partial charge is 0.453 e. The number of rotatable bonds is 9. The van der Waals surface area contributed by atoms with Crippen molar-refractivity contribution in [3.05, 3.63) is 42.1 Å². The monoisotopic (exact) mass is 545 g/mol. The van der Waals surface area contributed by atoms with Gasteiger partial charge in [-0.05, 0) is 38.0 Å². The number of aromatic nitrogens is 4. The second kappa shape index (κ2) is 10.6. The fraction of sp³-hybridized carbons (Fsp3) is 0.440. The third-order valence-electron chi connectivity index (χ3n) is 5.91. The molecule has 13 heteroatoms. The van der Waals surface area contributed by atoms with E-state index in [2.05, 4.69) is 35.0 Å². The van der Waals surface area contributed by atoms with Crippen LogP contribution < -0.4 is 15.4 Å². The summed E-state index contributed by atoms with van der Waals surface area (Å²) >= 11 is 0. The van der Waals surface area contributed by atoms with E-state index < -0.39 is 32.6 Å². The van der Waals surface area contributed by atoms with Crippen LogP contribution in [0.3, 0.4) is 0 Å². The predicted molar refractivity (Wildman–Crippen MR) is 143 cm³/mol. The highest BCUT2D eigenvalue weighted by molar-refractivity contribution is 7.93. The molecule has 4 rings (SSSR count). The number of amides is 1. The summed E-state index contributed by atoms with van der Waals surface area (Å²) in [5.41, 5.74) is 0.826. The van der Waals surface area contributed by atoms with Crippen LogP contribution in [-0.4, -0.2) is 59.4 Å². The maximum Gasteiger partial charge on any atom is 0.407 e. The normalized spacial score (nSPS) is 14.6. The number of carbonyl (C=O) groups is 1. The Hall–Kier alpha value is -3.74. The molecule has 2 heterocycles. The predicted octanol–water partition coefficient (Wildman–Crippen LogP) is 4.03. The fourth-order valence-electron chi connectivity index (χ4n) is 3.66. The van der Waals surface area contributed by atoms with Crippen molar-refractivity contribution in [1.82, 2.24) is 25.3 Å². The van der Waals surface area contributed by atoms with Crippen molar-refractivity contribution < 1.29 is 22.3 Å². The first-order chi connectivity index (χ1) is 17.9. The highest BCUT2D eigenvalue weighted by Crippen LogP contribution is 2.37. The Morgan fingerprint density at radius 2 is 1.97 bits per heavy atom. The maximum absolute atomic E-state index is 15.7. The van der Waals surface area contributed by atoms with Gasteiger partial charge in [-0.15, -0.1) is 0 Å². The first-order valence-electron chi connectivity index (χ1n) is 12.2. The van der Waals surface area contributed by atoms with Gasteiger partial charge in [0.05, 0.1) is 29.4 Å². The molecule has 1 aliphatic carbocycles. The van der Waals surface area contributed by atoms with Gasteiger partial charge < -0.3 is 20.4 Å². The van der Waals surface area contributed by atoms with Crippen molar-refractivity contribution in [2.45, 2.75) is 57.2 Å². The topological polar surface area (TPSA) is 151 Å². The summed E-state index contributed by atoms with van der Waals surface area (Å²) in [6.45, 7) is 8.04. The van der Waals surface area contributed by atoms with Crippen LogP contribution >= 0.6 is 0 Å². The Balaban J connectivity index is 1.69. The third-order valence-corrected chi connectivity index (χ3v) is 7.76. The van der Waals surface area contributed by atoms with E-state index in [9.17, 15) is 13.2 Å². The van der Waals surface area contributed by atoms with Gasteiger partial charge in [-0.3, -0.25) is 4.72 Å². The second-order valence-corrected chi connectivity index (χ2v) is 12.2. The summed E-state index contributed by atoms with van der Waals surface area (Å²) in [5.74, 6) is 0.181. The summed E-state index contributed by atoms with van der Waals surface area (Å²) < 4.78 is 47.6. The third kappa shape index (κ3) is 6.21. The molecule has 0 unspecified atom stereocenters. The smallest absolute Gasteiger partial charge is 0.407 e. The maximum atomic E-state index is 15.7. The van der Waals surface area contributed by atoms with Gasteiger partial charge in [-0.25, -0.2) is 32.6 Å². The van der Waals surface area contributed by atoms with Crippen LogP contribution in [0, 0.1) is 5.82 Å². The minimum atomic E-state index is -3.65. The minimum Gasteiger partial charge on any atom is -0.453 e. The van der Waals surface area contributed by atoms with Gasteiger partial charge in [0.1, 0.15) is 11.5 Å². The van der Waals surface area contributed by atoms with Crippen LogP contribution in [0.25, 0.3) is 22.6 Å². The van der Waals surface area contributed by atoms with E-state index in [1.54, 1.807) is 31.3 Å². The van der Waals surface area contributed by atoms with E-state index in [0.29, 0.717) is 48.2 Å². The van der Waals surface area contributed by atoms with Crippen LogP contribution in [0.15, 0.2) is 30.5 Å². The molecule has 38 heavy (non-hydrogen) atoms. The lowest BCUT2D eigenvalue weighted by atomic mass is 9.96. The molecule has 1 atom stereocenters. The van der Waals surface area contributed by atoms with Gasteiger partial charge >= 0.3 is 6.09 Å². The van der Waals surface area contributed by atoms with Gasteiger partial charge in [-0.1, -0.05) is 26.8 Å². The van der Waals surface area contributed by atoms with E-state index in [4.69, 9.17) is 4.98 Å². The number of alkyl carbamates (subject to hydrolysis) is 1. The molecule has 1 amide bonds. The van der Waals surface area contributed by atoms with Crippen molar-refractivity contribution in [1.29, 1.82) is 0 Å². The molecule has 0 spiro atoms. The average Bonchev–Trinajstić information content (AvgIpc) is 3.63. The summed E-state index contributed by atoms with van der Waals surface area (Å²) in [5, 5.41) is 5.23. The van der Waals surface area contributed by atoms with Gasteiger partial charge in [0.25, 0.3) is 0 Å². The Morgan fingerprint density at radius 1 is 1.24 bits per heavy atom. The second-order valence-electron chi connectivity index (χ2n) is 10.3. The zero-order valence-electron chi connectivity index (χ0n) is 21.9. The Morgan fingerprint density at radius 3 is 2.63 bits per heavy atom. The van der Waals surface area contributed by atoms with E-state index in [1.165, 1.54) is 13.2 Å². The van der Waals surface area contributed by atoms with Gasteiger partial charge in [0.15, 0.2) is 5.82 Å². The van der Waals surface area contributed by atoms with Gasteiger partial charge in [0.2, 0.25) is 16.0 Å². The van der Waals surface area contributed by atoms with Crippen LogP contribution in [0.5, 0.6) is 0 Å². The molecule has 204 valence electrons. The van der Waals surface area contributed by atoms with E-state index in [0.717, 1.165) is 0 Å². The molecule has 0 saturated heterocycles. The lowest BCUT2D eigenvalue weighted by molar-refractivity contribution is 0.168. The Labute approximate surface area is 221 Å². The number of hydrogen-bond donors (Lipinski definition) is 4. The number of aromatic amines is 1. The number of imidazole rings is 1. The number of ether oxygens (including phenoxy) is 1. The zero-order chi connectivity index (χ0) is 27.7.